The number of rotatable bonds is 8. The summed E-state index contributed by atoms with van der Waals surface area (Å²) in [5.41, 5.74) is -0.305. The molecule has 0 amide bonds. The number of nitro benzene ring substituents is 1. The molecule has 1 atom stereocenters. The van der Waals surface area contributed by atoms with Gasteiger partial charge in [0.15, 0.2) is 0 Å². The molecule has 0 saturated carbocycles. The maximum absolute atomic E-state index is 12.0. The fourth-order valence-electron chi connectivity index (χ4n) is 1.80. The van der Waals surface area contributed by atoms with Gasteiger partial charge in [-0.25, -0.2) is 13.1 Å². The highest BCUT2D eigenvalue weighted by atomic mass is 32.2. The lowest BCUT2D eigenvalue weighted by molar-refractivity contribution is -0.385. The van der Waals surface area contributed by atoms with E-state index >= 15 is 0 Å². The van der Waals surface area contributed by atoms with Gasteiger partial charge in [-0.1, -0.05) is 31.5 Å². The Labute approximate surface area is 122 Å². The summed E-state index contributed by atoms with van der Waals surface area (Å²) in [6.07, 6.45) is 0.635. The molecule has 1 aromatic carbocycles. The molecule has 1 aromatic rings. The molecule has 0 aromatic heterocycles. The van der Waals surface area contributed by atoms with Gasteiger partial charge in [0, 0.05) is 11.6 Å². The number of aliphatic carboxylic acids is 1. The summed E-state index contributed by atoms with van der Waals surface area (Å²) in [4.78, 5) is 21.1. The van der Waals surface area contributed by atoms with Crippen LogP contribution in [0.5, 0.6) is 0 Å². The largest absolute Gasteiger partial charge is 0.480 e. The highest BCUT2D eigenvalue weighted by Gasteiger charge is 2.25. The van der Waals surface area contributed by atoms with Gasteiger partial charge < -0.3 is 5.11 Å². The van der Waals surface area contributed by atoms with E-state index in [-0.39, 0.29) is 17.7 Å². The standard InChI is InChI=1S/C12H16N2O6S/c1-2-5-10(12(15)16)13-21(19,20)8-9-6-3-4-7-11(9)14(17)18/h3-4,6-7,10,13H,2,5,8H2,1H3,(H,15,16)/t10-/m0/s1. The van der Waals surface area contributed by atoms with E-state index in [0.29, 0.717) is 6.42 Å². The van der Waals surface area contributed by atoms with Crippen LogP contribution < -0.4 is 4.72 Å². The van der Waals surface area contributed by atoms with E-state index in [4.69, 9.17) is 5.11 Å². The van der Waals surface area contributed by atoms with Gasteiger partial charge in [-0.3, -0.25) is 14.9 Å². The summed E-state index contributed by atoms with van der Waals surface area (Å²) in [6, 6.07) is 4.21. The van der Waals surface area contributed by atoms with Gasteiger partial charge in [0.1, 0.15) is 6.04 Å². The average Bonchev–Trinajstić information content (AvgIpc) is 2.37. The predicted molar refractivity (Wildman–Crippen MR) is 75.2 cm³/mol. The van der Waals surface area contributed by atoms with Crippen molar-refractivity contribution in [3.63, 3.8) is 0 Å². The average molecular weight is 316 g/mol. The van der Waals surface area contributed by atoms with Crippen LogP contribution in [0.3, 0.4) is 0 Å². The quantitative estimate of drug-likeness (QED) is 0.549. The Morgan fingerprint density at radius 2 is 2.05 bits per heavy atom. The summed E-state index contributed by atoms with van der Waals surface area (Å²) in [6.45, 7) is 1.73. The normalized spacial score (nSPS) is 12.8. The molecule has 0 radical (unpaired) electrons. The smallest absolute Gasteiger partial charge is 0.321 e. The Balaban J connectivity index is 2.95. The number of nitro groups is 1. The zero-order chi connectivity index (χ0) is 16.0. The van der Waals surface area contributed by atoms with E-state index in [2.05, 4.69) is 4.72 Å². The molecule has 0 aliphatic carbocycles. The first-order valence-corrected chi connectivity index (χ1v) is 7.87. The van der Waals surface area contributed by atoms with Crippen molar-refractivity contribution in [2.45, 2.75) is 31.6 Å². The van der Waals surface area contributed by atoms with Crippen LogP contribution in [-0.4, -0.2) is 30.5 Å². The first-order chi connectivity index (χ1) is 9.76. The van der Waals surface area contributed by atoms with Crippen LogP contribution in [0.25, 0.3) is 0 Å². The van der Waals surface area contributed by atoms with E-state index < -0.39 is 32.7 Å². The molecule has 2 N–H and O–H groups in total. The predicted octanol–water partition coefficient (Wildman–Crippen LogP) is 1.27. The lowest BCUT2D eigenvalue weighted by atomic mass is 10.2. The van der Waals surface area contributed by atoms with E-state index in [1.807, 2.05) is 0 Å². The molecule has 0 aliphatic rings. The molecular formula is C12H16N2O6S. The van der Waals surface area contributed by atoms with Gasteiger partial charge >= 0.3 is 5.97 Å². The maximum atomic E-state index is 12.0. The zero-order valence-corrected chi connectivity index (χ0v) is 12.2. The van der Waals surface area contributed by atoms with Crippen LogP contribution in [0.4, 0.5) is 5.69 Å². The van der Waals surface area contributed by atoms with Crippen molar-refractivity contribution in [3.8, 4) is 0 Å². The second kappa shape index (κ2) is 7.14. The summed E-state index contributed by atoms with van der Waals surface area (Å²) in [7, 11) is -3.99. The number of hydrogen-bond donors (Lipinski definition) is 2. The number of para-hydroxylation sites is 1. The first-order valence-electron chi connectivity index (χ1n) is 6.22. The Morgan fingerprint density at radius 3 is 2.57 bits per heavy atom. The highest BCUT2D eigenvalue weighted by molar-refractivity contribution is 7.88. The van der Waals surface area contributed by atoms with Crippen molar-refractivity contribution in [3.05, 3.63) is 39.9 Å². The number of nitrogens with zero attached hydrogens (tertiary/aromatic N) is 1. The van der Waals surface area contributed by atoms with Crippen LogP contribution in [0.15, 0.2) is 24.3 Å². The fourth-order valence-corrected chi connectivity index (χ4v) is 3.18. The second-order valence-electron chi connectivity index (χ2n) is 4.44. The van der Waals surface area contributed by atoms with Crippen LogP contribution in [0, 0.1) is 10.1 Å². The fraction of sp³-hybridized carbons (Fsp3) is 0.417. The maximum Gasteiger partial charge on any atom is 0.321 e. The first kappa shape index (κ1) is 17.1. The minimum atomic E-state index is -3.99. The summed E-state index contributed by atoms with van der Waals surface area (Å²) < 4.78 is 26.0. The third kappa shape index (κ3) is 5.12. The number of carbonyl (C=O) groups is 1. The molecule has 0 unspecified atom stereocenters. The number of carboxylic acids is 1. The van der Waals surface area contributed by atoms with Gasteiger partial charge in [0.25, 0.3) is 5.69 Å². The molecule has 0 bridgehead atoms. The van der Waals surface area contributed by atoms with Gasteiger partial charge in [-0.2, -0.15) is 0 Å². The minimum Gasteiger partial charge on any atom is -0.480 e. The van der Waals surface area contributed by atoms with E-state index in [0.717, 1.165) is 0 Å². The SMILES string of the molecule is CCC[C@H](NS(=O)(=O)Cc1ccccc1[N+](=O)[O-])C(=O)O. The highest BCUT2D eigenvalue weighted by Crippen LogP contribution is 2.20. The van der Waals surface area contributed by atoms with Crippen molar-refractivity contribution in [2.75, 3.05) is 0 Å². The van der Waals surface area contributed by atoms with Crippen LogP contribution in [-0.2, 0) is 20.6 Å². The minimum absolute atomic E-state index is 0.00985. The van der Waals surface area contributed by atoms with Crippen molar-refractivity contribution >= 4 is 21.7 Å². The lowest BCUT2D eigenvalue weighted by Gasteiger charge is -2.13. The topological polar surface area (TPSA) is 127 Å². The Hall–Kier alpha value is -2.00. The van der Waals surface area contributed by atoms with Gasteiger partial charge in [-0.15, -0.1) is 0 Å². The van der Waals surface area contributed by atoms with Crippen LogP contribution >= 0.6 is 0 Å². The zero-order valence-electron chi connectivity index (χ0n) is 11.4. The molecule has 116 valence electrons. The summed E-state index contributed by atoms with van der Waals surface area (Å²) >= 11 is 0. The molecule has 0 spiro atoms. The Bertz CT molecular complexity index is 628. The van der Waals surface area contributed by atoms with Crippen molar-refractivity contribution in [1.82, 2.24) is 4.72 Å². The van der Waals surface area contributed by atoms with Gasteiger partial charge in [-0.05, 0) is 6.42 Å². The molecular weight excluding hydrogens is 300 g/mol. The number of carboxylic acid groups (broad SMARTS) is 1. The lowest BCUT2D eigenvalue weighted by Crippen LogP contribution is -2.41. The Kier molecular flexibility index (Phi) is 5.79. The molecule has 0 saturated heterocycles. The van der Waals surface area contributed by atoms with Crippen LogP contribution in [0.2, 0.25) is 0 Å². The van der Waals surface area contributed by atoms with E-state index in [9.17, 15) is 23.3 Å². The van der Waals surface area contributed by atoms with Crippen LogP contribution in [0.1, 0.15) is 25.3 Å². The molecule has 0 heterocycles. The third-order valence-electron chi connectivity index (χ3n) is 2.73. The molecule has 0 aliphatic heterocycles. The molecule has 21 heavy (non-hydrogen) atoms. The van der Waals surface area contributed by atoms with Crippen molar-refractivity contribution in [1.29, 1.82) is 0 Å². The van der Waals surface area contributed by atoms with E-state index in [1.54, 1.807) is 6.92 Å². The monoisotopic (exact) mass is 316 g/mol. The van der Waals surface area contributed by atoms with Crippen molar-refractivity contribution < 1.29 is 23.2 Å². The van der Waals surface area contributed by atoms with Gasteiger partial charge in [0.2, 0.25) is 10.0 Å². The second-order valence-corrected chi connectivity index (χ2v) is 6.20. The summed E-state index contributed by atoms with van der Waals surface area (Å²) in [5, 5.41) is 19.8. The molecule has 8 nitrogen and oxygen atoms in total. The van der Waals surface area contributed by atoms with E-state index in [1.165, 1.54) is 24.3 Å². The van der Waals surface area contributed by atoms with Gasteiger partial charge in [0.05, 0.1) is 10.7 Å². The molecule has 9 heteroatoms. The Morgan fingerprint density at radius 1 is 1.43 bits per heavy atom. The third-order valence-corrected chi connectivity index (χ3v) is 4.07. The number of nitrogens with one attached hydrogen (secondary N) is 1. The van der Waals surface area contributed by atoms with Crippen molar-refractivity contribution in [2.24, 2.45) is 0 Å². The molecule has 1 rings (SSSR count). The summed E-state index contributed by atoms with van der Waals surface area (Å²) in [5.74, 6) is -1.92. The molecule has 0 fully saturated rings. The number of benzene rings is 1. The number of hydrogen-bond acceptors (Lipinski definition) is 5. The number of sulfonamides is 1.